The van der Waals surface area contributed by atoms with E-state index in [-0.39, 0.29) is 17.9 Å². The lowest BCUT2D eigenvalue weighted by atomic mass is 10.0. The average molecular weight is 438 g/mol. The number of hydrogen-bond acceptors (Lipinski definition) is 6. The first-order chi connectivity index (χ1) is 15.1. The Morgan fingerprint density at radius 3 is 2.87 bits per heavy atom. The fraction of sp³-hybridized carbons (Fsp3) is 0.348. The fourth-order valence-corrected chi connectivity index (χ4v) is 4.80. The summed E-state index contributed by atoms with van der Waals surface area (Å²) in [5.41, 5.74) is 7.54. The van der Waals surface area contributed by atoms with Gasteiger partial charge in [0, 0.05) is 23.9 Å². The largest absolute Gasteiger partial charge is 0.384 e. The molecular weight excluding hydrogens is 410 g/mol. The molecule has 7 nitrogen and oxygen atoms in total. The Balaban J connectivity index is 1.48. The highest BCUT2D eigenvalue weighted by atomic mass is 32.1. The molecule has 2 atom stereocenters. The number of pyridine rings is 1. The van der Waals surface area contributed by atoms with Gasteiger partial charge in [-0.15, -0.1) is 11.3 Å². The molecule has 2 aromatic heterocycles. The third kappa shape index (κ3) is 5.39. The maximum atomic E-state index is 13.1. The van der Waals surface area contributed by atoms with Crippen molar-refractivity contribution in [2.24, 2.45) is 0 Å². The van der Waals surface area contributed by atoms with Crippen LogP contribution in [0.5, 0.6) is 0 Å². The number of thiophene rings is 1. The summed E-state index contributed by atoms with van der Waals surface area (Å²) in [6.07, 6.45) is 4.96. The highest BCUT2D eigenvalue weighted by molar-refractivity contribution is 7.17. The van der Waals surface area contributed by atoms with Crippen LogP contribution in [0.15, 0.2) is 48.0 Å². The summed E-state index contributed by atoms with van der Waals surface area (Å²) >= 11 is 1.65. The lowest BCUT2D eigenvalue weighted by Crippen LogP contribution is -2.54. The fourth-order valence-electron chi connectivity index (χ4n) is 3.82. The third-order valence-corrected chi connectivity index (χ3v) is 6.57. The molecule has 0 aliphatic carbocycles. The van der Waals surface area contributed by atoms with Crippen LogP contribution in [0.3, 0.4) is 0 Å². The van der Waals surface area contributed by atoms with Crippen LogP contribution in [-0.2, 0) is 22.6 Å². The molecular formula is C23H27N5O2S. The SMILES string of the molecule is Nc1ccc(CNC(=O)[C@H](Cc2csc3ccccc23)NC(=O)[C@H]2CCCCN2)cn1. The first kappa shape index (κ1) is 21.3. The number of carbonyl (C=O) groups is 2. The predicted octanol–water partition coefficient (Wildman–Crippen LogP) is 2.36. The third-order valence-electron chi connectivity index (χ3n) is 5.56. The molecule has 4 rings (SSSR count). The summed E-state index contributed by atoms with van der Waals surface area (Å²) in [7, 11) is 0. The van der Waals surface area contributed by atoms with Crippen LogP contribution in [0.1, 0.15) is 30.4 Å². The Morgan fingerprint density at radius 1 is 1.23 bits per heavy atom. The Labute approximate surface area is 185 Å². The molecule has 31 heavy (non-hydrogen) atoms. The van der Waals surface area contributed by atoms with Gasteiger partial charge in [-0.05, 0) is 53.4 Å². The van der Waals surface area contributed by atoms with Crippen molar-refractivity contribution < 1.29 is 9.59 Å². The molecule has 5 N–H and O–H groups in total. The molecule has 3 heterocycles. The van der Waals surface area contributed by atoms with Crippen LogP contribution in [-0.4, -0.2) is 35.4 Å². The molecule has 0 radical (unpaired) electrons. The van der Waals surface area contributed by atoms with Crippen molar-refractivity contribution in [2.75, 3.05) is 12.3 Å². The number of amides is 2. The van der Waals surface area contributed by atoms with Crippen molar-refractivity contribution in [1.29, 1.82) is 0 Å². The number of aromatic nitrogens is 1. The molecule has 0 bridgehead atoms. The van der Waals surface area contributed by atoms with Gasteiger partial charge in [-0.1, -0.05) is 30.7 Å². The zero-order valence-corrected chi connectivity index (χ0v) is 18.1. The molecule has 1 aromatic carbocycles. The van der Waals surface area contributed by atoms with E-state index in [1.165, 1.54) is 4.70 Å². The zero-order chi connectivity index (χ0) is 21.6. The number of benzene rings is 1. The topological polar surface area (TPSA) is 109 Å². The minimum absolute atomic E-state index is 0.117. The summed E-state index contributed by atoms with van der Waals surface area (Å²) in [6, 6.07) is 10.7. The molecule has 1 aliphatic heterocycles. The van der Waals surface area contributed by atoms with Gasteiger partial charge < -0.3 is 21.7 Å². The Bertz CT molecular complexity index is 1040. The maximum Gasteiger partial charge on any atom is 0.243 e. The number of carbonyl (C=O) groups excluding carboxylic acids is 2. The standard InChI is InChI=1S/C23H27N5O2S/c24-21-9-8-15(12-26-21)13-27-22(29)19(28-23(30)18-6-3-4-10-25-18)11-16-14-31-20-7-2-1-5-17(16)20/h1-2,5,7-9,12,14,18-19,25H,3-4,6,10-11,13H2,(H2,24,26)(H,27,29)(H,28,30)/t18-,19+/m1/s1. The highest BCUT2D eigenvalue weighted by Crippen LogP contribution is 2.26. The van der Waals surface area contributed by atoms with Gasteiger partial charge in [0.1, 0.15) is 11.9 Å². The van der Waals surface area contributed by atoms with Crippen LogP contribution in [0.4, 0.5) is 5.82 Å². The van der Waals surface area contributed by atoms with Crippen LogP contribution < -0.4 is 21.7 Å². The van der Waals surface area contributed by atoms with Crippen LogP contribution >= 0.6 is 11.3 Å². The number of nitrogen functional groups attached to an aromatic ring is 1. The Morgan fingerprint density at radius 2 is 2.10 bits per heavy atom. The Kier molecular flexibility index (Phi) is 6.79. The minimum Gasteiger partial charge on any atom is -0.384 e. The summed E-state index contributed by atoms with van der Waals surface area (Å²) < 4.78 is 1.17. The number of nitrogens with one attached hydrogen (secondary N) is 3. The highest BCUT2D eigenvalue weighted by Gasteiger charge is 2.27. The monoisotopic (exact) mass is 437 g/mol. The summed E-state index contributed by atoms with van der Waals surface area (Å²) in [5, 5.41) is 12.4. The lowest BCUT2D eigenvalue weighted by Gasteiger charge is -2.25. The molecule has 0 spiro atoms. The second kappa shape index (κ2) is 9.89. The van der Waals surface area contributed by atoms with E-state index < -0.39 is 6.04 Å². The Hall–Kier alpha value is -2.97. The molecule has 2 amide bonds. The zero-order valence-electron chi connectivity index (χ0n) is 17.3. The number of nitrogens with zero attached hydrogens (tertiary/aromatic N) is 1. The van der Waals surface area contributed by atoms with E-state index in [9.17, 15) is 9.59 Å². The van der Waals surface area contributed by atoms with Crippen molar-refractivity contribution in [3.63, 3.8) is 0 Å². The molecule has 1 aliphatic rings. The van der Waals surface area contributed by atoms with E-state index >= 15 is 0 Å². The van der Waals surface area contributed by atoms with Gasteiger partial charge >= 0.3 is 0 Å². The quantitative estimate of drug-likeness (QED) is 0.454. The lowest BCUT2D eigenvalue weighted by molar-refractivity contribution is -0.130. The summed E-state index contributed by atoms with van der Waals surface area (Å²) in [5.74, 6) is 0.106. The normalized spacial score (nSPS) is 17.2. The maximum absolute atomic E-state index is 13.1. The van der Waals surface area contributed by atoms with Crippen molar-refractivity contribution >= 4 is 39.1 Å². The van der Waals surface area contributed by atoms with E-state index in [2.05, 4.69) is 38.4 Å². The summed E-state index contributed by atoms with van der Waals surface area (Å²) in [6.45, 7) is 1.15. The molecule has 8 heteroatoms. The first-order valence-electron chi connectivity index (χ1n) is 10.6. The van der Waals surface area contributed by atoms with E-state index in [1.54, 1.807) is 23.6 Å². The van der Waals surface area contributed by atoms with E-state index in [0.29, 0.717) is 18.8 Å². The second-order valence-corrected chi connectivity index (χ2v) is 8.75. The number of anilines is 1. The second-order valence-electron chi connectivity index (χ2n) is 7.83. The van der Waals surface area contributed by atoms with Gasteiger partial charge in [-0.2, -0.15) is 0 Å². The first-order valence-corrected chi connectivity index (χ1v) is 11.4. The summed E-state index contributed by atoms with van der Waals surface area (Å²) in [4.78, 5) is 30.0. The molecule has 1 fully saturated rings. The van der Waals surface area contributed by atoms with Gasteiger partial charge in [0.25, 0.3) is 0 Å². The van der Waals surface area contributed by atoms with E-state index in [1.807, 2.05) is 18.2 Å². The number of fused-ring (bicyclic) bond motifs is 1. The minimum atomic E-state index is -0.657. The van der Waals surface area contributed by atoms with E-state index in [0.717, 1.165) is 42.3 Å². The van der Waals surface area contributed by atoms with Crippen LogP contribution in [0, 0.1) is 0 Å². The molecule has 0 saturated carbocycles. The van der Waals surface area contributed by atoms with Crippen molar-refractivity contribution in [1.82, 2.24) is 20.9 Å². The van der Waals surface area contributed by atoms with Crippen LogP contribution in [0.2, 0.25) is 0 Å². The van der Waals surface area contributed by atoms with Gasteiger partial charge in [0.05, 0.1) is 6.04 Å². The molecule has 162 valence electrons. The number of piperidine rings is 1. The van der Waals surface area contributed by atoms with Crippen molar-refractivity contribution in [3.8, 4) is 0 Å². The van der Waals surface area contributed by atoms with Crippen LogP contribution in [0.25, 0.3) is 10.1 Å². The number of rotatable bonds is 7. The van der Waals surface area contributed by atoms with Crippen molar-refractivity contribution in [2.45, 2.75) is 44.3 Å². The predicted molar refractivity (Wildman–Crippen MR) is 124 cm³/mol. The molecule has 3 aromatic rings. The van der Waals surface area contributed by atoms with E-state index in [4.69, 9.17) is 5.73 Å². The molecule has 0 unspecified atom stereocenters. The van der Waals surface area contributed by atoms with Crippen molar-refractivity contribution in [3.05, 3.63) is 59.1 Å². The van der Waals surface area contributed by atoms with Gasteiger partial charge in [0.2, 0.25) is 11.8 Å². The number of hydrogen-bond donors (Lipinski definition) is 4. The average Bonchev–Trinajstić information content (AvgIpc) is 3.21. The smallest absolute Gasteiger partial charge is 0.243 e. The van der Waals surface area contributed by atoms with Gasteiger partial charge in [-0.3, -0.25) is 9.59 Å². The number of nitrogens with two attached hydrogens (primary N) is 1. The van der Waals surface area contributed by atoms with Gasteiger partial charge in [0.15, 0.2) is 0 Å². The van der Waals surface area contributed by atoms with Gasteiger partial charge in [-0.25, -0.2) is 4.98 Å². The molecule has 1 saturated heterocycles.